The smallest absolute Gasteiger partial charge is 0.300 e. The van der Waals surface area contributed by atoms with E-state index in [1.807, 2.05) is 26.0 Å². The molecule has 0 spiro atoms. The van der Waals surface area contributed by atoms with Crippen LogP contribution < -0.4 is 4.90 Å². The number of aliphatic imine (C=N–C) groups is 1. The summed E-state index contributed by atoms with van der Waals surface area (Å²) in [5.41, 5.74) is 3.38. The molecule has 0 aliphatic carbocycles. The molecule has 142 valence electrons. The molecule has 26 heavy (non-hydrogen) atoms. The van der Waals surface area contributed by atoms with Crippen LogP contribution in [0.1, 0.15) is 52.2 Å². The van der Waals surface area contributed by atoms with Crippen LogP contribution in [0, 0.1) is 6.92 Å². The number of amides is 1. The van der Waals surface area contributed by atoms with Gasteiger partial charge < -0.3 is 9.64 Å². The van der Waals surface area contributed by atoms with Crippen molar-refractivity contribution in [3.63, 3.8) is 0 Å². The van der Waals surface area contributed by atoms with Crippen molar-refractivity contribution in [2.24, 2.45) is 4.99 Å². The van der Waals surface area contributed by atoms with Gasteiger partial charge in [-0.25, -0.2) is 4.99 Å². The number of ether oxygens (including phenoxy) is 1. The van der Waals surface area contributed by atoms with E-state index in [0.717, 1.165) is 25.1 Å². The highest BCUT2D eigenvalue weighted by Crippen LogP contribution is 2.25. The molecule has 1 fully saturated rings. The lowest BCUT2D eigenvalue weighted by atomic mass is 10.1. The Labute approximate surface area is 157 Å². The fraction of sp³-hybridized carbons (Fsp3) is 0.524. The molecular formula is C21H31N3O2. The Morgan fingerprint density at radius 1 is 1.23 bits per heavy atom. The van der Waals surface area contributed by atoms with E-state index in [4.69, 9.17) is 4.74 Å². The molecule has 5 nitrogen and oxygen atoms in total. The Hall–Kier alpha value is -2.30. The molecule has 1 unspecified atom stereocenters. The topological polar surface area (TPSA) is 45.1 Å². The molecule has 2 rings (SSSR count). The van der Waals surface area contributed by atoms with Crippen LogP contribution in [0.3, 0.4) is 0 Å². The van der Waals surface area contributed by atoms with E-state index in [2.05, 4.69) is 49.7 Å². The standard InChI is InChI=1S/C21H31N3O2/c1-7-16(6)22-21-24(10-4)20(25)19(26-21)14-17-11-12-18(15(5)13-17)23(8-2)9-3/h11-14,16H,7-10H2,1-6H3/b19-14+,22-21+. The number of anilines is 1. The van der Waals surface area contributed by atoms with Gasteiger partial charge in [-0.1, -0.05) is 13.0 Å². The minimum atomic E-state index is -0.125. The van der Waals surface area contributed by atoms with Gasteiger partial charge in [0.05, 0.1) is 6.04 Å². The second kappa shape index (κ2) is 8.88. The van der Waals surface area contributed by atoms with Gasteiger partial charge in [-0.15, -0.1) is 0 Å². The molecule has 5 heteroatoms. The van der Waals surface area contributed by atoms with Crippen LogP contribution in [0.5, 0.6) is 0 Å². The second-order valence-corrected chi connectivity index (χ2v) is 6.55. The molecule has 1 saturated heterocycles. The molecule has 1 amide bonds. The number of nitrogens with zero attached hydrogens (tertiary/aromatic N) is 3. The first-order valence-corrected chi connectivity index (χ1v) is 9.59. The van der Waals surface area contributed by atoms with Crippen LogP contribution >= 0.6 is 0 Å². The van der Waals surface area contributed by atoms with E-state index in [1.54, 1.807) is 4.90 Å². The first-order chi connectivity index (χ1) is 12.4. The number of amidine groups is 1. The van der Waals surface area contributed by atoms with Crippen molar-refractivity contribution >= 4 is 23.7 Å². The molecule has 0 N–H and O–H groups in total. The lowest BCUT2D eigenvalue weighted by molar-refractivity contribution is -0.122. The predicted molar refractivity (Wildman–Crippen MR) is 108 cm³/mol. The summed E-state index contributed by atoms with van der Waals surface area (Å²) in [6, 6.07) is 6.78. The zero-order valence-corrected chi connectivity index (χ0v) is 16.9. The third-order valence-electron chi connectivity index (χ3n) is 4.75. The number of likely N-dealkylation sites (N-methyl/N-ethyl adjacent to an activating group) is 1. The van der Waals surface area contributed by atoms with Crippen LogP contribution in [0.2, 0.25) is 0 Å². The van der Waals surface area contributed by atoms with E-state index in [1.165, 1.54) is 11.3 Å². The number of benzene rings is 1. The number of carbonyl (C=O) groups is 1. The lowest BCUT2D eigenvalue weighted by Gasteiger charge is -2.23. The van der Waals surface area contributed by atoms with Gasteiger partial charge in [-0.3, -0.25) is 9.69 Å². The van der Waals surface area contributed by atoms with Gasteiger partial charge in [0.1, 0.15) is 0 Å². The normalized spacial score (nSPS) is 18.5. The van der Waals surface area contributed by atoms with Crippen molar-refractivity contribution in [3.8, 4) is 0 Å². The molecular weight excluding hydrogens is 326 g/mol. The van der Waals surface area contributed by atoms with E-state index in [-0.39, 0.29) is 11.9 Å². The molecule has 1 aromatic carbocycles. The summed E-state index contributed by atoms with van der Waals surface area (Å²) in [5, 5.41) is 0. The summed E-state index contributed by atoms with van der Waals surface area (Å²) in [6.45, 7) is 14.9. The van der Waals surface area contributed by atoms with Crippen molar-refractivity contribution in [3.05, 3.63) is 35.1 Å². The Bertz CT molecular complexity index is 705. The average Bonchev–Trinajstić information content (AvgIpc) is 2.92. The quantitative estimate of drug-likeness (QED) is 0.687. The van der Waals surface area contributed by atoms with Gasteiger partial charge in [0.25, 0.3) is 5.91 Å². The molecule has 1 aliphatic rings. The molecule has 1 heterocycles. The van der Waals surface area contributed by atoms with Crippen molar-refractivity contribution in [1.82, 2.24) is 4.90 Å². The highest BCUT2D eigenvalue weighted by molar-refractivity contribution is 6.11. The number of hydrogen-bond acceptors (Lipinski definition) is 4. The highest BCUT2D eigenvalue weighted by Gasteiger charge is 2.33. The van der Waals surface area contributed by atoms with Gasteiger partial charge in [0.2, 0.25) is 0 Å². The molecule has 1 aliphatic heterocycles. The summed E-state index contributed by atoms with van der Waals surface area (Å²) in [5.74, 6) is 0.212. The third kappa shape index (κ3) is 4.26. The average molecular weight is 357 g/mol. The molecule has 0 bridgehead atoms. The first-order valence-electron chi connectivity index (χ1n) is 9.59. The Morgan fingerprint density at radius 2 is 1.92 bits per heavy atom. The molecule has 0 radical (unpaired) electrons. The number of rotatable bonds is 7. The van der Waals surface area contributed by atoms with Crippen LogP contribution in [0.4, 0.5) is 5.69 Å². The van der Waals surface area contributed by atoms with Crippen LogP contribution in [0.25, 0.3) is 6.08 Å². The minimum Gasteiger partial charge on any atom is -0.420 e. The largest absolute Gasteiger partial charge is 0.420 e. The molecule has 0 aromatic heterocycles. The van der Waals surface area contributed by atoms with Crippen LogP contribution in [-0.2, 0) is 9.53 Å². The monoisotopic (exact) mass is 357 g/mol. The zero-order chi connectivity index (χ0) is 19.3. The van der Waals surface area contributed by atoms with Crippen LogP contribution in [0.15, 0.2) is 29.0 Å². The fourth-order valence-corrected chi connectivity index (χ4v) is 3.00. The van der Waals surface area contributed by atoms with Crippen molar-refractivity contribution in [2.45, 2.75) is 54.0 Å². The Kier molecular flexibility index (Phi) is 6.83. The van der Waals surface area contributed by atoms with Gasteiger partial charge in [-0.05, 0) is 70.4 Å². The summed E-state index contributed by atoms with van der Waals surface area (Å²) >= 11 is 0. The van der Waals surface area contributed by atoms with E-state index >= 15 is 0 Å². The first kappa shape index (κ1) is 20.0. The second-order valence-electron chi connectivity index (χ2n) is 6.55. The SMILES string of the molecule is CCC(C)/N=C1/O/C(=C/c2ccc(N(CC)CC)c(C)c2)C(=O)N1CC. The molecule has 1 aromatic rings. The number of carbonyl (C=O) groups excluding carboxylic acids is 1. The Morgan fingerprint density at radius 3 is 2.46 bits per heavy atom. The Balaban J connectivity index is 2.30. The van der Waals surface area contributed by atoms with Crippen molar-refractivity contribution < 1.29 is 9.53 Å². The summed E-state index contributed by atoms with van der Waals surface area (Å²) in [6.07, 6.45) is 2.72. The molecule has 1 atom stereocenters. The maximum atomic E-state index is 12.6. The van der Waals surface area contributed by atoms with Crippen molar-refractivity contribution in [2.75, 3.05) is 24.5 Å². The zero-order valence-electron chi connectivity index (χ0n) is 16.9. The van der Waals surface area contributed by atoms with Crippen molar-refractivity contribution in [1.29, 1.82) is 0 Å². The third-order valence-corrected chi connectivity index (χ3v) is 4.75. The maximum Gasteiger partial charge on any atom is 0.300 e. The van der Waals surface area contributed by atoms with Gasteiger partial charge >= 0.3 is 6.02 Å². The van der Waals surface area contributed by atoms with E-state index in [9.17, 15) is 4.79 Å². The fourth-order valence-electron chi connectivity index (χ4n) is 3.00. The number of hydrogen-bond donors (Lipinski definition) is 0. The van der Waals surface area contributed by atoms with E-state index in [0.29, 0.717) is 18.3 Å². The number of aryl methyl sites for hydroxylation is 1. The predicted octanol–water partition coefficient (Wildman–Crippen LogP) is 4.22. The van der Waals surface area contributed by atoms with Crippen LogP contribution in [-0.4, -0.2) is 42.5 Å². The summed E-state index contributed by atoms with van der Waals surface area (Å²) < 4.78 is 5.79. The highest BCUT2D eigenvalue weighted by atomic mass is 16.5. The molecule has 0 saturated carbocycles. The van der Waals surface area contributed by atoms with E-state index < -0.39 is 0 Å². The minimum absolute atomic E-state index is 0.125. The lowest BCUT2D eigenvalue weighted by Crippen LogP contribution is -2.30. The summed E-state index contributed by atoms with van der Waals surface area (Å²) in [7, 11) is 0. The van der Waals surface area contributed by atoms with Gasteiger partial charge in [0, 0.05) is 25.3 Å². The summed E-state index contributed by atoms with van der Waals surface area (Å²) in [4.78, 5) is 21.0. The van der Waals surface area contributed by atoms with Gasteiger partial charge in [-0.2, -0.15) is 0 Å². The van der Waals surface area contributed by atoms with Gasteiger partial charge in [0.15, 0.2) is 5.76 Å². The maximum absolute atomic E-state index is 12.6.